The highest BCUT2D eigenvalue weighted by molar-refractivity contribution is 5.91. The van der Waals surface area contributed by atoms with Crippen LogP contribution in [-0.4, -0.2) is 32.8 Å². The Bertz CT molecular complexity index is 637. The second-order valence-electron chi connectivity index (χ2n) is 4.23. The Balaban J connectivity index is 2.15. The summed E-state index contributed by atoms with van der Waals surface area (Å²) in [5.74, 6) is -0.187. The van der Waals surface area contributed by atoms with E-state index in [0.29, 0.717) is 12.2 Å². The number of hydrogen-bond donors (Lipinski definition) is 1. The van der Waals surface area contributed by atoms with E-state index in [-0.39, 0.29) is 11.5 Å². The lowest BCUT2D eigenvalue weighted by Gasteiger charge is -2.17. The van der Waals surface area contributed by atoms with Gasteiger partial charge in [0.05, 0.1) is 0 Å². The van der Waals surface area contributed by atoms with Gasteiger partial charge in [-0.05, 0) is 18.6 Å². The van der Waals surface area contributed by atoms with E-state index in [0.717, 1.165) is 11.3 Å². The molecule has 6 nitrogen and oxygen atoms in total. The summed E-state index contributed by atoms with van der Waals surface area (Å²) in [5.41, 5.74) is 1.85. The number of aromatic amines is 1. The van der Waals surface area contributed by atoms with Crippen LogP contribution in [0, 0.1) is 6.92 Å². The molecule has 0 aliphatic rings. The molecule has 2 aromatic rings. The minimum Gasteiger partial charge on any atom is -0.336 e. The molecular formula is C13H14N4O2. The molecular weight excluding hydrogens is 244 g/mol. The topological polar surface area (TPSA) is 79.0 Å². The van der Waals surface area contributed by atoms with Gasteiger partial charge in [0, 0.05) is 31.5 Å². The highest BCUT2D eigenvalue weighted by Gasteiger charge is 2.14. The zero-order chi connectivity index (χ0) is 13.8. The van der Waals surface area contributed by atoms with Crippen molar-refractivity contribution >= 4 is 5.91 Å². The normalized spacial score (nSPS) is 10.2. The number of pyridine rings is 1. The van der Waals surface area contributed by atoms with Gasteiger partial charge in [0.25, 0.3) is 5.91 Å². The Kier molecular flexibility index (Phi) is 3.70. The molecule has 0 saturated heterocycles. The molecule has 0 aromatic carbocycles. The van der Waals surface area contributed by atoms with Crippen LogP contribution in [0.2, 0.25) is 0 Å². The highest BCUT2D eigenvalue weighted by atomic mass is 16.2. The van der Waals surface area contributed by atoms with E-state index in [1.807, 2.05) is 0 Å². The molecule has 0 unspecified atom stereocenters. The van der Waals surface area contributed by atoms with Crippen LogP contribution < -0.4 is 5.56 Å². The molecule has 98 valence electrons. The fraction of sp³-hybridized carbons (Fsp3) is 0.231. The van der Waals surface area contributed by atoms with Gasteiger partial charge in [-0.1, -0.05) is 6.07 Å². The first-order valence-electron chi connectivity index (χ1n) is 5.78. The standard InChI is InChI=1S/C13H14N4O2/c1-9-10(3-4-12(18)16-9)7-17(2)13(19)11-5-6-14-8-15-11/h3-6,8H,7H2,1-2H3,(H,16,18). The molecule has 0 aliphatic heterocycles. The van der Waals surface area contributed by atoms with Crippen molar-refractivity contribution in [2.75, 3.05) is 7.05 Å². The van der Waals surface area contributed by atoms with Gasteiger partial charge in [-0.2, -0.15) is 0 Å². The van der Waals surface area contributed by atoms with Crippen LogP contribution in [0.15, 0.2) is 35.5 Å². The van der Waals surface area contributed by atoms with Crippen LogP contribution in [-0.2, 0) is 6.54 Å². The van der Waals surface area contributed by atoms with Crippen molar-refractivity contribution < 1.29 is 4.79 Å². The number of aromatic nitrogens is 3. The molecule has 0 saturated carbocycles. The van der Waals surface area contributed by atoms with Crippen LogP contribution in [0.4, 0.5) is 0 Å². The third kappa shape index (κ3) is 3.04. The number of rotatable bonds is 3. The number of carbonyl (C=O) groups is 1. The lowest BCUT2D eigenvalue weighted by Crippen LogP contribution is -2.27. The third-order valence-electron chi connectivity index (χ3n) is 2.78. The second kappa shape index (κ2) is 5.43. The molecule has 2 heterocycles. The minimum atomic E-state index is -0.187. The number of aryl methyl sites for hydroxylation is 1. The molecule has 19 heavy (non-hydrogen) atoms. The quantitative estimate of drug-likeness (QED) is 0.881. The first kappa shape index (κ1) is 12.9. The number of H-pyrrole nitrogens is 1. The lowest BCUT2D eigenvalue weighted by molar-refractivity contribution is 0.0779. The molecule has 0 radical (unpaired) electrons. The number of amides is 1. The second-order valence-corrected chi connectivity index (χ2v) is 4.23. The van der Waals surface area contributed by atoms with Crippen molar-refractivity contribution in [3.8, 4) is 0 Å². The van der Waals surface area contributed by atoms with Gasteiger partial charge >= 0.3 is 0 Å². The van der Waals surface area contributed by atoms with E-state index in [9.17, 15) is 9.59 Å². The van der Waals surface area contributed by atoms with Crippen molar-refractivity contribution in [2.45, 2.75) is 13.5 Å². The van der Waals surface area contributed by atoms with E-state index in [2.05, 4.69) is 15.0 Å². The first-order chi connectivity index (χ1) is 9.08. The largest absolute Gasteiger partial charge is 0.336 e. The van der Waals surface area contributed by atoms with Crippen LogP contribution in [0.25, 0.3) is 0 Å². The molecule has 0 fully saturated rings. The Morgan fingerprint density at radius 1 is 1.37 bits per heavy atom. The van der Waals surface area contributed by atoms with E-state index in [1.165, 1.54) is 18.6 Å². The molecule has 0 atom stereocenters. The van der Waals surface area contributed by atoms with E-state index in [4.69, 9.17) is 0 Å². The maximum Gasteiger partial charge on any atom is 0.272 e. The van der Waals surface area contributed by atoms with Gasteiger partial charge in [-0.25, -0.2) is 9.97 Å². The molecule has 1 amide bonds. The summed E-state index contributed by atoms with van der Waals surface area (Å²) in [4.78, 5) is 35.2. The lowest BCUT2D eigenvalue weighted by atomic mass is 10.2. The van der Waals surface area contributed by atoms with Gasteiger partial charge < -0.3 is 9.88 Å². The Labute approximate surface area is 110 Å². The van der Waals surface area contributed by atoms with E-state index < -0.39 is 0 Å². The van der Waals surface area contributed by atoms with Crippen molar-refractivity contribution in [2.24, 2.45) is 0 Å². The zero-order valence-corrected chi connectivity index (χ0v) is 10.8. The predicted molar refractivity (Wildman–Crippen MR) is 69.6 cm³/mol. The van der Waals surface area contributed by atoms with Crippen molar-refractivity contribution in [1.82, 2.24) is 19.9 Å². The monoisotopic (exact) mass is 258 g/mol. The fourth-order valence-corrected chi connectivity index (χ4v) is 1.72. The Hall–Kier alpha value is -2.50. The highest BCUT2D eigenvalue weighted by Crippen LogP contribution is 2.07. The third-order valence-corrected chi connectivity index (χ3v) is 2.78. The smallest absolute Gasteiger partial charge is 0.272 e. The summed E-state index contributed by atoms with van der Waals surface area (Å²) >= 11 is 0. The summed E-state index contributed by atoms with van der Waals surface area (Å²) in [7, 11) is 1.69. The van der Waals surface area contributed by atoms with Crippen LogP contribution in [0.5, 0.6) is 0 Å². The van der Waals surface area contributed by atoms with Crippen molar-refractivity contribution in [1.29, 1.82) is 0 Å². The Morgan fingerprint density at radius 3 is 2.79 bits per heavy atom. The van der Waals surface area contributed by atoms with Crippen LogP contribution in [0.3, 0.4) is 0 Å². The fourth-order valence-electron chi connectivity index (χ4n) is 1.72. The molecule has 6 heteroatoms. The van der Waals surface area contributed by atoms with E-state index >= 15 is 0 Å². The Morgan fingerprint density at radius 2 is 2.16 bits per heavy atom. The molecule has 0 aliphatic carbocycles. The summed E-state index contributed by atoms with van der Waals surface area (Å²) < 4.78 is 0. The maximum absolute atomic E-state index is 12.1. The number of nitrogens with one attached hydrogen (secondary N) is 1. The van der Waals surface area contributed by atoms with Crippen LogP contribution in [0.1, 0.15) is 21.7 Å². The number of nitrogens with zero attached hydrogens (tertiary/aromatic N) is 3. The average molecular weight is 258 g/mol. The summed E-state index contributed by atoms with van der Waals surface area (Å²) in [6.07, 6.45) is 2.87. The zero-order valence-electron chi connectivity index (χ0n) is 10.8. The van der Waals surface area contributed by atoms with Gasteiger partial charge in [0.2, 0.25) is 5.56 Å². The van der Waals surface area contributed by atoms with Crippen molar-refractivity contribution in [3.05, 3.63) is 58.0 Å². The van der Waals surface area contributed by atoms with E-state index in [1.54, 1.807) is 31.0 Å². The maximum atomic E-state index is 12.1. The number of hydrogen-bond acceptors (Lipinski definition) is 4. The minimum absolute atomic E-state index is 0.147. The molecule has 0 bridgehead atoms. The average Bonchev–Trinajstić information content (AvgIpc) is 2.42. The summed E-state index contributed by atoms with van der Waals surface area (Å²) in [6.45, 7) is 2.21. The predicted octanol–water partition coefficient (Wildman–Crippen LogP) is 0.746. The van der Waals surface area contributed by atoms with Gasteiger partial charge in [-0.3, -0.25) is 9.59 Å². The first-order valence-corrected chi connectivity index (χ1v) is 5.78. The summed E-state index contributed by atoms with van der Waals surface area (Å²) in [5, 5.41) is 0. The van der Waals surface area contributed by atoms with Gasteiger partial charge in [0.1, 0.15) is 12.0 Å². The molecule has 0 spiro atoms. The SMILES string of the molecule is Cc1[nH]c(=O)ccc1CN(C)C(=O)c1ccncn1. The number of carbonyl (C=O) groups excluding carboxylic acids is 1. The van der Waals surface area contributed by atoms with Gasteiger partial charge in [-0.15, -0.1) is 0 Å². The molecule has 1 N–H and O–H groups in total. The van der Waals surface area contributed by atoms with Gasteiger partial charge in [0.15, 0.2) is 0 Å². The van der Waals surface area contributed by atoms with Crippen molar-refractivity contribution in [3.63, 3.8) is 0 Å². The molecule has 2 rings (SSSR count). The molecule has 2 aromatic heterocycles. The summed E-state index contributed by atoms with van der Waals surface area (Å²) in [6, 6.07) is 4.74. The van der Waals surface area contributed by atoms with Crippen LogP contribution >= 0.6 is 0 Å².